The van der Waals surface area contributed by atoms with E-state index in [-0.39, 0.29) is 6.61 Å². The van der Waals surface area contributed by atoms with Crippen LogP contribution in [0.4, 0.5) is 4.39 Å². The molecule has 0 amide bonds. The molecule has 0 bridgehead atoms. The predicted molar refractivity (Wildman–Crippen MR) is 34.9 cm³/mol. The SMILES string of the molecule is Cc1cc(F)nc(CO)c1. The summed E-state index contributed by atoms with van der Waals surface area (Å²) >= 11 is 0. The smallest absolute Gasteiger partial charge is 0.213 e. The first kappa shape index (κ1) is 7.15. The molecule has 0 saturated heterocycles. The van der Waals surface area contributed by atoms with E-state index >= 15 is 0 Å². The minimum atomic E-state index is -0.538. The monoisotopic (exact) mass is 141 g/mol. The first-order valence-electron chi connectivity index (χ1n) is 2.96. The molecule has 0 atom stereocenters. The van der Waals surface area contributed by atoms with E-state index in [9.17, 15) is 4.39 Å². The van der Waals surface area contributed by atoms with Crippen molar-refractivity contribution in [2.24, 2.45) is 0 Å². The predicted octanol–water partition coefficient (Wildman–Crippen LogP) is 1.02. The summed E-state index contributed by atoms with van der Waals surface area (Å²) in [5.74, 6) is -0.538. The van der Waals surface area contributed by atoms with Crippen molar-refractivity contribution < 1.29 is 9.50 Å². The number of hydrogen-bond donors (Lipinski definition) is 1. The Bertz CT molecular complexity index is 217. The fraction of sp³-hybridized carbons (Fsp3) is 0.286. The van der Waals surface area contributed by atoms with E-state index in [1.165, 1.54) is 6.07 Å². The second kappa shape index (κ2) is 2.75. The van der Waals surface area contributed by atoms with Crippen molar-refractivity contribution in [3.8, 4) is 0 Å². The fourth-order valence-electron chi connectivity index (χ4n) is 0.775. The molecule has 0 saturated carbocycles. The van der Waals surface area contributed by atoms with Gasteiger partial charge in [0.05, 0.1) is 12.3 Å². The molecule has 54 valence electrons. The Balaban J connectivity index is 3.06. The van der Waals surface area contributed by atoms with Gasteiger partial charge in [-0.3, -0.25) is 0 Å². The van der Waals surface area contributed by atoms with Gasteiger partial charge in [0, 0.05) is 0 Å². The molecule has 3 heteroatoms. The molecule has 0 aliphatic rings. The van der Waals surface area contributed by atoms with Crippen molar-refractivity contribution in [3.05, 3.63) is 29.3 Å². The third-order valence-electron chi connectivity index (χ3n) is 1.15. The molecule has 1 N–H and O–H groups in total. The second-order valence-corrected chi connectivity index (χ2v) is 2.12. The lowest BCUT2D eigenvalue weighted by Crippen LogP contribution is -1.92. The van der Waals surface area contributed by atoms with Crippen molar-refractivity contribution >= 4 is 0 Å². The maximum Gasteiger partial charge on any atom is 0.213 e. The van der Waals surface area contributed by atoms with Crippen molar-refractivity contribution in [2.45, 2.75) is 13.5 Å². The number of aliphatic hydroxyl groups excluding tert-OH is 1. The molecule has 2 nitrogen and oxygen atoms in total. The fourth-order valence-corrected chi connectivity index (χ4v) is 0.775. The summed E-state index contributed by atoms with van der Waals surface area (Å²) in [5, 5.41) is 8.56. The lowest BCUT2D eigenvalue weighted by atomic mass is 10.2. The molecule has 1 rings (SSSR count). The first-order valence-corrected chi connectivity index (χ1v) is 2.96. The van der Waals surface area contributed by atoms with Crippen LogP contribution in [0, 0.1) is 12.9 Å². The molecule has 0 unspecified atom stereocenters. The number of hydrogen-bond acceptors (Lipinski definition) is 2. The lowest BCUT2D eigenvalue weighted by molar-refractivity contribution is 0.275. The van der Waals surface area contributed by atoms with E-state index in [1.807, 2.05) is 0 Å². The largest absolute Gasteiger partial charge is 0.390 e. The Morgan fingerprint density at radius 3 is 2.80 bits per heavy atom. The molecule has 1 aromatic heterocycles. The van der Waals surface area contributed by atoms with E-state index in [0.29, 0.717) is 5.69 Å². The highest BCUT2D eigenvalue weighted by molar-refractivity contribution is 5.14. The molecule has 1 heterocycles. The second-order valence-electron chi connectivity index (χ2n) is 2.12. The van der Waals surface area contributed by atoms with Crippen LogP contribution in [0.1, 0.15) is 11.3 Å². The van der Waals surface area contributed by atoms with Crippen LogP contribution < -0.4 is 0 Å². The average Bonchev–Trinajstić information content (AvgIpc) is 1.85. The molecule has 0 aliphatic carbocycles. The highest BCUT2D eigenvalue weighted by Crippen LogP contribution is 2.02. The van der Waals surface area contributed by atoms with Crippen LogP contribution in [0.2, 0.25) is 0 Å². The zero-order valence-corrected chi connectivity index (χ0v) is 5.63. The van der Waals surface area contributed by atoms with Crippen LogP contribution in [0.15, 0.2) is 12.1 Å². The van der Waals surface area contributed by atoms with E-state index < -0.39 is 5.95 Å². The molecular formula is C7H8FNO. The summed E-state index contributed by atoms with van der Waals surface area (Å²) in [4.78, 5) is 3.44. The summed E-state index contributed by atoms with van der Waals surface area (Å²) in [7, 11) is 0. The van der Waals surface area contributed by atoms with Crippen LogP contribution in [-0.4, -0.2) is 10.1 Å². The van der Waals surface area contributed by atoms with Crippen LogP contribution >= 0.6 is 0 Å². The van der Waals surface area contributed by atoms with Crippen LogP contribution in [0.3, 0.4) is 0 Å². The molecular weight excluding hydrogens is 133 g/mol. The van der Waals surface area contributed by atoms with Crippen LogP contribution in [-0.2, 0) is 6.61 Å². The normalized spacial score (nSPS) is 9.90. The molecule has 0 aromatic carbocycles. The third kappa shape index (κ3) is 1.51. The summed E-state index contributed by atoms with van der Waals surface area (Å²) in [6, 6.07) is 2.96. The Kier molecular flexibility index (Phi) is 1.97. The van der Waals surface area contributed by atoms with E-state index in [4.69, 9.17) is 5.11 Å². The first-order chi connectivity index (χ1) is 4.72. The van der Waals surface area contributed by atoms with Gasteiger partial charge in [0.15, 0.2) is 0 Å². The average molecular weight is 141 g/mol. The quantitative estimate of drug-likeness (QED) is 0.592. The van der Waals surface area contributed by atoms with Gasteiger partial charge in [-0.25, -0.2) is 4.98 Å². The Hall–Kier alpha value is -0.960. The van der Waals surface area contributed by atoms with Gasteiger partial charge in [-0.05, 0) is 24.6 Å². The highest BCUT2D eigenvalue weighted by atomic mass is 19.1. The lowest BCUT2D eigenvalue weighted by Gasteiger charge is -1.96. The number of nitrogens with zero attached hydrogens (tertiary/aromatic N) is 1. The van der Waals surface area contributed by atoms with E-state index in [0.717, 1.165) is 5.56 Å². The Morgan fingerprint density at radius 2 is 2.30 bits per heavy atom. The molecule has 10 heavy (non-hydrogen) atoms. The zero-order chi connectivity index (χ0) is 7.56. The van der Waals surface area contributed by atoms with Gasteiger partial charge in [0.2, 0.25) is 5.95 Å². The number of aliphatic hydroxyl groups is 1. The van der Waals surface area contributed by atoms with E-state index in [1.54, 1.807) is 13.0 Å². The standard InChI is InChI=1S/C7H8FNO/c1-5-2-6(4-10)9-7(8)3-5/h2-3,10H,4H2,1H3. The van der Waals surface area contributed by atoms with Gasteiger partial charge in [-0.15, -0.1) is 0 Å². The summed E-state index contributed by atoms with van der Waals surface area (Å²) in [6.07, 6.45) is 0. The highest BCUT2D eigenvalue weighted by Gasteiger charge is 1.96. The zero-order valence-electron chi connectivity index (χ0n) is 5.63. The molecule has 0 fully saturated rings. The summed E-state index contributed by atoms with van der Waals surface area (Å²) < 4.78 is 12.4. The van der Waals surface area contributed by atoms with Crippen molar-refractivity contribution in [3.63, 3.8) is 0 Å². The van der Waals surface area contributed by atoms with Crippen molar-refractivity contribution in [1.82, 2.24) is 4.98 Å². The Labute approximate surface area is 58.3 Å². The van der Waals surface area contributed by atoms with Crippen molar-refractivity contribution in [2.75, 3.05) is 0 Å². The number of halogens is 1. The minimum Gasteiger partial charge on any atom is -0.390 e. The topological polar surface area (TPSA) is 33.1 Å². The maximum absolute atomic E-state index is 12.4. The van der Waals surface area contributed by atoms with E-state index in [2.05, 4.69) is 4.98 Å². The molecule has 0 aliphatic heterocycles. The minimum absolute atomic E-state index is 0.210. The third-order valence-corrected chi connectivity index (χ3v) is 1.15. The van der Waals surface area contributed by atoms with Crippen LogP contribution in [0.25, 0.3) is 0 Å². The summed E-state index contributed by atoms with van der Waals surface area (Å²) in [6.45, 7) is 1.54. The Morgan fingerprint density at radius 1 is 1.60 bits per heavy atom. The van der Waals surface area contributed by atoms with Crippen molar-refractivity contribution in [1.29, 1.82) is 0 Å². The van der Waals surface area contributed by atoms with Gasteiger partial charge in [0.25, 0.3) is 0 Å². The number of aromatic nitrogens is 1. The van der Waals surface area contributed by atoms with Gasteiger partial charge < -0.3 is 5.11 Å². The number of aryl methyl sites for hydroxylation is 1. The molecule has 1 aromatic rings. The number of pyridine rings is 1. The maximum atomic E-state index is 12.4. The van der Waals surface area contributed by atoms with Gasteiger partial charge >= 0.3 is 0 Å². The molecule has 0 radical (unpaired) electrons. The van der Waals surface area contributed by atoms with Crippen LogP contribution in [0.5, 0.6) is 0 Å². The summed E-state index contributed by atoms with van der Waals surface area (Å²) in [5.41, 5.74) is 1.15. The number of rotatable bonds is 1. The molecule has 0 spiro atoms. The van der Waals surface area contributed by atoms with Gasteiger partial charge in [-0.1, -0.05) is 0 Å². The van der Waals surface area contributed by atoms with Gasteiger partial charge in [-0.2, -0.15) is 4.39 Å². The van der Waals surface area contributed by atoms with Gasteiger partial charge in [0.1, 0.15) is 0 Å².